The van der Waals surface area contributed by atoms with Crippen LogP contribution in [0.15, 0.2) is 52.9 Å². The summed E-state index contributed by atoms with van der Waals surface area (Å²) in [5.41, 5.74) is 1.59. The summed E-state index contributed by atoms with van der Waals surface area (Å²) in [6.07, 6.45) is 0.508. The molecule has 6 heteroatoms. The van der Waals surface area contributed by atoms with E-state index in [-0.39, 0.29) is 17.7 Å². The van der Waals surface area contributed by atoms with Gasteiger partial charge in [-0.05, 0) is 41.8 Å². The van der Waals surface area contributed by atoms with Crippen molar-refractivity contribution in [1.82, 2.24) is 15.5 Å². The predicted molar refractivity (Wildman–Crippen MR) is 85.1 cm³/mol. The van der Waals surface area contributed by atoms with Crippen LogP contribution in [-0.2, 0) is 13.0 Å². The molecule has 1 N–H and O–H groups in total. The zero-order valence-electron chi connectivity index (χ0n) is 13.2. The van der Waals surface area contributed by atoms with Crippen LogP contribution in [0, 0.1) is 18.6 Å². The van der Waals surface area contributed by atoms with Gasteiger partial charge in [-0.15, -0.1) is 10.2 Å². The molecule has 3 rings (SSSR count). The summed E-state index contributed by atoms with van der Waals surface area (Å²) in [7, 11) is 0. The molecule has 24 heavy (non-hydrogen) atoms. The minimum atomic E-state index is -0.313. The molecule has 0 bridgehead atoms. The van der Waals surface area contributed by atoms with Gasteiger partial charge >= 0.3 is 0 Å². The molecule has 1 aromatic heterocycles. The second-order valence-corrected chi connectivity index (χ2v) is 5.54. The minimum absolute atomic E-state index is 0.213. The molecule has 1 unspecified atom stereocenters. The monoisotopic (exact) mass is 329 g/mol. The topological polar surface area (TPSA) is 51.0 Å². The molecule has 0 aliphatic heterocycles. The van der Waals surface area contributed by atoms with Gasteiger partial charge in [-0.1, -0.05) is 24.3 Å². The molecule has 0 fully saturated rings. The summed E-state index contributed by atoms with van der Waals surface area (Å²) >= 11 is 0. The van der Waals surface area contributed by atoms with E-state index < -0.39 is 0 Å². The molecule has 0 spiro atoms. The first-order valence-corrected chi connectivity index (χ1v) is 7.62. The first kappa shape index (κ1) is 16.3. The molecule has 3 aromatic rings. The maximum absolute atomic E-state index is 13.6. The van der Waals surface area contributed by atoms with Crippen molar-refractivity contribution in [2.75, 3.05) is 0 Å². The Labute approximate surface area is 138 Å². The molecule has 0 saturated carbocycles. The van der Waals surface area contributed by atoms with Crippen LogP contribution in [0.2, 0.25) is 0 Å². The molecule has 1 heterocycles. The summed E-state index contributed by atoms with van der Waals surface area (Å²) in [6.45, 7) is 2.06. The van der Waals surface area contributed by atoms with Crippen molar-refractivity contribution in [2.45, 2.75) is 25.9 Å². The Morgan fingerprint density at radius 1 is 1.04 bits per heavy atom. The highest BCUT2D eigenvalue weighted by atomic mass is 19.1. The van der Waals surface area contributed by atoms with Crippen molar-refractivity contribution in [3.05, 3.63) is 83.1 Å². The average Bonchev–Trinajstić information content (AvgIpc) is 2.97. The van der Waals surface area contributed by atoms with Crippen LogP contribution < -0.4 is 5.32 Å². The molecule has 124 valence electrons. The molecule has 0 radical (unpaired) electrons. The van der Waals surface area contributed by atoms with Crippen molar-refractivity contribution < 1.29 is 13.2 Å². The molecule has 0 aliphatic rings. The highest BCUT2D eigenvalue weighted by Crippen LogP contribution is 2.20. The largest absolute Gasteiger partial charge is 0.424 e. The fourth-order valence-corrected chi connectivity index (χ4v) is 2.55. The number of nitrogens with zero attached hydrogens (tertiary/aromatic N) is 2. The predicted octanol–water partition coefficient (Wildman–Crippen LogP) is 3.73. The fraction of sp³-hybridized carbons (Fsp3) is 0.222. The van der Waals surface area contributed by atoms with Gasteiger partial charge in [0.2, 0.25) is 11.8 Å². The van der Waals surface area contributed by atoms with Crippen LogP contribution in [0.5, 0.6) is 0 Å². The lowest BCUT2D eigenvalue weighted by Gasteiger charge is -2.19. The maximum atomic E-state index is 13.6. The molecule has 1 atom stereocenters. The normalized spacial score (nSPS) is 12.3. The number of hydrogen-bond donors (Lipinski definition) is 1. The molecule has 0 aliphatic carbocycles. The highest BCUT2D eigenvalue weighted by molar-refractivity contribution is 5.25. The minimum Gasteiger partial charge on any atom is -0.424 e. The van der Waals surface area contributed by atoms with Crippen molar-refractivity contribution in [1.29, 1.82) is 0 Å². The number of halogens is 2. The number of aryl methyl sites for hydroxylation is 1. The first-order chi connectivity index (χ1) is 11.6. The van der Waals surface area contributed by atoms with Gasteiger partial charge in [0.25, 0.3) is 0 Å². The van der Waals surface area contributed by atoms with E-state index >= 15 is 0 Å². The van der Waals surface area contributed by atoms with Gasteiger partial charge < -0.3 is 9.73 Å². The van der Waals surface area contributed by atoms with E-state index in [1.807, 2.05) is 12.1 Å². The highest BCUT2D eigenvalue weighted by Gasteiger charge is 2.15. The van der Waals surface area contributed by atoms with Crippen LogP contribution in [0.4, 0.5) is 8.78 Å². The number of hydrogen-bond acceptors (Lipinski definition) is 4. The van der Waals surface area contributed by atoms with E-state index in [1.165, 1.54) is 24.3 Å². The second-order valence-electron chi connectivity index (χ2n) is 5.54. The van der Waals surface area contributed by atoms with Gasteiger partial charge in [0.05, 0.1) is 6.54 Å². The van der Waals surface area contributed by atoms with Gasteiger partial charge in [0, 0.05) is 13.0 Å². The van der Waals surface area contributed by atoms with Gasteiger partial charge in [-0.2, -0.15) is 0 Å². The lowest BCUT2D eigenvalue weighted by atomic mass is 9.98. The summed E-state index contributed by atoms with van der Waals surface area (Å²) in [5, 5.41) is 11.0. The summed E-state index contributed by atoms with van der Waals surface area (Å²) in [5.74, 6) is 0.331. The molecule has 2 aromatic carbocycles. The van der Waals surface area contributed by atoms with Crippen molar-refractivity contribution in [3.8, 4) is 0 Å². The van der Waals surface area contributed by atoms with E-state index in [9.17, 15) is 8.78 Å². The zero-order valence-corrected chi connectivity index (χ0v) is 13.2. The molecular weight excluding hydrogens is 312 g/mol. The standard InChI is InChI=1S/C18H17F2N3O/c1-12-22-23-18(24-12)11-21-17(14-5-3-7-16(20)10-14)9-13-4-2-6-15(19)8-13/h2-8,10,17,21H,9,11H2,1H3. The quantitative estimate of drug-likeness (QED) is 0.749. The van der Waals surface area contributed by atoms with Crippen LogP contribution in [0.1, 0.15) is 29.0 Å². The van der Waals surface area contributed by atoms with E-state index in [1.54, 1.807) is 19.1 Å². The lowest BCUT2D eigenvalue weighted by molar-refractivity contribution is 0.421. The molecule has 0 amide bonds. The summed E-state index contributed by atoms with van der Waals surface area (Å²) < 4.78 is 32.3. The average molecular weight is 329 g/mol. The van der Waals surface area contributed by atoms with Crippen LogP contribution in [-0.4, -0.2) is 10.2 Å². The van der Waals surface area contributed by atoms with E-state index in [4.69, 9.17) is 4.42 Å². The Morgan fingerprint density at radius 3 is 2.46 bits per heavy atom. The van der Waals surface area contributed by atoms with Crippen LogP contribution in [0.25, 0.3) is 0 Å². The van der Waals surface area contributed by atoms with Crippen molar-refractivity contribution in [2.24, 2.45) is 0 Å². The molecule has 0 saturated heterocycles. The Morgan fingerprint density at radius 2 is 1.79 bits per heavy atom. The zero-order chi connectivity index (χ0) is 16.9. The Bertz CT molecular complexity index is 819. The van der Waals surface area contributed by atoms with Crippen molar-refractivity contribution in [3.63, 3.8) is 0 Å². The number of nitrogens with one attached hydrogen (secondary N) is 1. The van der Waals surface area contributed by atoms with Gasteiger partial charge in [-0.25, -0.2) is 8.78 Å². The Balaban J connectivity index is 1.80. The summed E-state index contributed by atoms with van der Waals surface area (Å²) in [4.78, 5) is 0. The third kappa shape index (κ3) is 4.23. The molecular formula is C18H17F2N3O. The number of benzene rings is 2. The summed E-state index contributed by atoms with van der Waals surface area (Å²) in [6, 6.07) is 12.5. The smallest absolute Gasteiger partial charge is 0.230 e. The first-order valence-electron chi connectivity index (χ1n) is 7.62. The number of aromatic nitrogens is 2. The SMILES string of the molecule is Cc1nnc(CNC(Cc2cccc(F)c2)c2cccc(F)c2)o1. The van der Waals surface area contributed by atoms with Crippen molar-refractivity contribution >= 4 is 0 Å². The van der Waals surface area contributed by atoms with E-state index in [2.05, 4.69) is 15.5 Å². The van der Waals surface area contributed by atoms with Crippen LogP contribution in [0.3, 0.4) is 0 Å². The molecule has 4 nitrogen and oxygen atoms in total. The van der Waals surface area contributed by atoms with Gasteiger partial charge in [-0.3, -0.25) is 0 Å². The second kappa shape index (κ2) is 7.31. The van der Waals surface area contributed by atoms with E-state index in [0.29, 0.717) is 24.7 Å². The Kier molecular flexibility index (Phi) is 4.96. The lowest BCUT2D eigenvalue weighted by Crippen LogP contribution is -2.23. The van der Waals surface area contributed by atoms with Crippen LogP contribution >= 0.6 is 0 Å². The third-order valence-corrected chi connectivity index (χ3v) is 3.65. The van der Waals surface area contributed by atoms with Gasteiger partial charge in [0.1, 0.15) is 11.6 Å². The van der Waals surface area contributed by atoms with E-state index in [0.717, 1.165) is 11.1 Å². The number of rotatable bonds is 6. The fourth-order valence-electron chi connectivity index (χ4n) is 2.55. The maximum Gasteiger partial charge on any atom is 0.230 e. The third-order valence-electron chi connectivity index (χ3n) is 3.65. The Hall–Kier alpha value is -2.60. The van der Waals surface area contributed by atoms with Gasteiger partial charge in [0.15, 0.2) is 0 Å².